The lowest BCUT2D eigenvalue weighted by atomic mass is 9.85. The highest BCUT2D eigenvalue weighted by Gasteiger charge is 2.26. The van der Waals surface area contributed by atoms with Crippen LogP contribution in [0.4, 0.5) is 5.95 Å². The number of nitrogens with two attached hydrogens (primary N) is 1. The van der Waals surface area contributed by atoms with Crippen LogP contribution in [0.3, 0.4) is 0 Å². The van der Waals surface area contributed by atoms with Gasteiger partial charge in [0, 0.05) is 16.7 Å². The van der Waals surface area contributed by atoms with E-state index in [1.165, 1.54) is 7.11 Å². The van der Waals surface area contributed by atoms with Gasteiger partial charge in [-0.25, -0.2) is 14.6 Å². The van der Waals surface area contributed by atoms with E-state index in [0.717, 1.165) is 5.69 Å². The second-order valence-electron chi connectivity index (χ2n) is 8.59. The number of anilines is 1. The summed E-state index contributed by atoms with van der Waals surface area (Å²) in [5, 5.41) is 18.1. The average molecular weight is 494 g/mol. The summed E-state index contributed by atoms with van der Waals surface area (Å²) < 4.78 is 7.06. The fourth-order valence-corrected chi connectivity index (χ4v) is 3.98. The Hall–Kier alpha value is -4.05. The van der Waals surface area contributed by atoms with Crippen molar-refractivity contribution < 1.29 is 14.6 Å². The smallest absolute Gasteiger partial charge is 0.304 e. The molecule has 3 heterocycles. The lowest BCUT2D eigenvalue weighted by molar-refractivity contribution is -0.138. The van der Waals surface area contributed by atoms with Crippen LogP contribution in [0.25, 0.3) is 22.6 Å². The van der Waals surface area contributed by atoms with Crippen LogP contribution in [0.1, 0.15) is 31.7 Å². The van der Waals surface area contributed by atoms with E-state index in [2.05, 4.69) is 25.3 Å². The fraction of sp³-hybridized carbons (Fsp3) is 0.250. The van der Waals surface area contributed by atoms with Crippen molar-refractivity contribution in [1.82, 2.24) is 29.9 Å². The molecule has 0 radical (unpaired) electrons. The maximum atomic E-state index is 11.2. The van der Waals surface area contributed by atoms with E-state index >= 15 is 0 Å². The van der Waals surface area contributed by atoms with Crippen LogP contribution in [0.5, 0.6) is 5.75 Å². The van der Waals surface area contributed by atoms with Gasteiger partial charge in [0.15, 0.2) is 0 Å². The van der Waals surface area contributed by atoms with E-state index in [1.54, 1.807) is 29.1 Å². The summed E-state index contributed by atoms with van der Waals surface area (Å²) in [6.07, 6.45) is 1.71. The normalized spacial score (nSPS) is 11.4. The summed E-state index contributed by atoms with van der Waals surface area (Å²) in [5.41, 5.74) is 9.01. The highest BCUT2D eigenvalue weighted by molar-refractivity contribution is 6.32. The first-order valence-corrected chi connectivity index (χ1v) is 11.1. The number of aromatic nitrogens is 6. The third kappa shape index (κ3) is 5.38. The number of nitrogen functional groups attached to an aromatic ring is 1. The first kappa shape index (κ1) is 24.1. The molecule has 0 aliphatic carbocycles. The molecule has 0 aliphatic rings. The number of para-hydroxylation sites is 1. The fourth-order valence-electron chi connectivity index (χ4n) is 3.73. The van der Waals surface area contributed by atoms with E-state index in [1.807, 2.05) is 38.1 Å². The molecule has 180 valence electrons. The maximum Gasteiger partial charge on any atom is 0.304 e. The Bertz CT molecular complexity index is 1390. The molecule has 0 fully saturated rings. The van der Waals surface area contributed by atoms with Gasteiger partial charge < -0.3 is 15.6 Å². The summed E-state index contributed by atoms with van der Waals surface area (Å²) in [6, 6.07) is 12.6. The van der Waals surface area contributed by atoms with Crippen LogP contribution in [0, 0.1) is 0 Å². The number of hydrogen-bond donors (Lipinski definition) is 2. The largest absolute Gasteiger partial charge is 0.494 e. The van der Waals surface area contributed by atoms with Crippen LogP contribution in [-0.2, 0) is 16.8 Å². The number of pyridine rings is 1. The topological polar surface area (TPSA) is 142 Å². The molecule has 0 unspecified atom stereocenters. The Kier molecular flexibility index (Phi) is 6.65. The molecule has 0 spiro atoms. The summed E-state index contributed by atoms with van der Waals surface area (Å²) in [7, 11) is 1.54. The minimum atomic E-state index is -0.873. The van der Waals surface area contributed by atoms with Gasteiger partial charge in [-0.05, 0) is 30.3 Å². The second kappa shape index (κ2) is 9.67. The molecule has 3 aromatic heterocycles. The quantitative estimate of drug-likeness (QED) is 0.374. The Morgan fingerprint density at radius 3 is 2.60 bits per heavy atom. The first-order chi connectivity index (χ1) is 16.7. The van der Waals surface area contributed by atoms with Crippen molar-refractivity contribution in [2.45, 2.75) is 32.2 Å². The number of rotatable bonds is 8. The van der Waals surface area contributed by atoms with Crippen LogP contribution in [0.15, 0.2) is 48.7 Å². The molecule has 3 N–H and O–H groups in total. The zero-order valence-corrected chi connectivity index (χ0v) is 20.2. The third-order valence-corrected chi connectivity index (χ3v) is 5.71. The minimum absolute atomic E-state index is 0.0220. The van der Waals surface area contributed by atoms with Crippen molar-refractivity contribution in [2.24, 2.45) is 0 Å². The Morgan fingerprint density at radius 2 is 1.86 bits per heavy atom. The van der Waals surface area contributed by atoms with Gasteiger partial charge >= 0.3 is 5.97 Å². The Morgan fingerprint density at radius 1 is 1.11 bits per heavy atom. The zero-order valence-electron chi connectivity index (χ0n) is 19.4. The summed E-state index contributed by atoms with van der Waals surface area (Å²) in [5.74, 6) is -0.315. The molecule has 4 rings (SSSR count). The highest BCUT2D eigenvalue weighted by Crippen LogP contribution is 2.36. The Labute approximate surface area is 206 Å². The molecule has 11 heteroatoms. The average Bonchev–Trinajstić information content (AvgIpc) is 3.26. The molecule has 0 aliphatic heterocycles. The molecule has 0 atom stereocenters. The molecule has 1 aromatic carbocycles. The number of hydrogen-bond acceptors (Lipinski definition) is 8. The van der Waals surface area contributed by atoms with Gasteiger partial charge in [0.05, 0.1) is 48.4 Å². The van der Waals surface area contributed by atoms with Gasteiger partial charge in [-0.15, -0.1) is 5.10 Å². The van der Waals surface area contributed by atoms with Crippen molar-refractivity contribution in [3.8, 4) is 28.4 Å². The molecule has 0 saturated heterocycles. The lowest BCUT2D eigenvalue weighted by Gasteiger charge is -2.22. The standard InChI is InChI=1S/C24H24ClN7O3/c1-24(2,11-21(33)34)20-9-4-6-14(27-20)12-32-13-19(30-31-32)18-10-17(28-23(26)29-18)15-7-5-8-16(25)22(15)35-3/h4-10,13H,11-12H2,1-3H3,(H,33,34)(H2,26,28,29). The Balaban J connectivity index is 1.61. The molecular formula is C24H24ClN7O3. The first-order valence-electron chi connectivity index (χ1n) is 10.7. The maximum absolute atomic E-state index is 11.2. The number of aliphatic carboxylic acids is 1. The molecule has 10 nitrogen and oxygen atoms in total. The zero-order chi connectivity index (χ0) is 25.2. The summed E-state index contributed by atoms with van der Waals surface area (Å²) in [4.78, 5) is 24.5. The van der Waals surface area contributed by atoms with E-state index in [9.17, 15) is 9.90 Å². The van der Waals surface area contributed by atoms with Gasteiger partial charge in [-0.2, -0.15) is 0 Å². The molecule has 0 bridgehead atoms. The molecule has 4 aromatic rings. The lowest BCUT2D eigenvalue weighted by Crippen LogP contribution is -2.23. The van der Waals surface area contributed by atoms with Gasteiger partial charge in [-0.1, -0.05) is 42.8 Å². The van der Waals surface area contributed by atoms with Crippen LogP contribution >= 0.6 is 11.6 Å². The SMILES string of the molecule is COc1c(Cl)cccc1-c1cc(-c2cn(Cc3cccc(C(C)(C)CC(=O)O)n3)nn2)nc(N)n1. The van der Waals surface area contributed by atoms with E-state index < -0.39 is 11.4 Å². The van der Waals surface area contributed by atoms with Crippen LogP contribution in [0.2, 0.25) is 5.02 Å². The van der Waals surface area contributed by atoms with Crippen molar-refractivity contribution >= 4 is 23.5 Å². The van der Waals surface area contributed by atoms with Crippen molar-refractivity contribution in [1.29, 1.82) is 0 Å². The van der Waals surface area contributed by atoms with Crippen LogP contribution < -0.4 is 10.5 Å². The molecular weight excluding hydrogens is 470 g/mol. The number of methoxy groups -OCH3 is 1. The van der Waals surface area contributed by atoms with Crippen molar-refractivity contribution in [2.75, 3.05) is 12.8 Å². The van der Waals surface area contributed by atoms with E-state index in [-0.39, 0.29) is 12.4 Å². The predicted molar refractivity (Wildman–Crippen MR) is 131 cm³/mol. The van der Waals surface area contributed by atoms with E-state index in [0.29, 0.717) is 45.7 Å². The van der Waals surface area contributed by atoms with E-state index in [4.69, 9.17) is 22.1 Å². The van der Waals surface area contributed by atoms with Gasteiger partial charge in [0.2, 0.25) is 5.95 Å². The van der Waals surface area contributed by atoms with Crippen molar-refractivity contribution in [3.63, 3.8) is 0 Å². The summed E-state index contributed by atoms with van der Waals surface area (Å²) in [6.45, 7) is 4.05. The van der Waals surface area contributed by atoms with Crippen LogP contribution in [-0.4, -0.2) is 48.1 Å². The minimum Gasteiger partial charge on any atom is -0.494 e. The van der Waals surface area contributed by atoms with Gasteiger partial charge in [0.1, 0.15) is 11.4 Å². The third-order valence-electron chi connectivity index (χ3n) is 5.41. The van der Waals surface area contributed by atoms with Gasteiger partial charge in [-0.3, -0.25) is 9.78 Å². The summed E-state index contributed by atoms with van der Waals surface area (Å²) >= 11 is 6.26. The molecule has 0 saturated carbocycles. The van der Waals surface area contributed by atoms with Crippen molar-refractivity contribution in [3.05, 3.63) is 65.1 Å². The number of halogens is 1. The monoisotopic (exact) mass is 493 g/mol. The predicted octanol–water partition coefficient (Wildman–Crippen LogP) is 3.84. The molecule has 0 amide bonds. The highest BCUT2D eigenvalue weighted by atomic mass is 35.5. The number of carboxylic acids is 1. The number of nitrogens with zero attached hydrogens (tertiary/aromatic N) is 6. The molecule has 35 heavy (non-hydrogen) atoms. The number of benzene rings is 1. The number of carbonyl (C=O) groups is 1. The number of carboxylic acid groups (broad SMARTS) is 1. The number of ether oxygens (including phenoxy) is 1. The second-order valence-corrected chi connectivity index (χ2v) is 8.99. The van der Waals surface area contributed by atoms with Gasteiger partial charge in [0.25, 0.3) is 0 Å².